The van der Waals surface area contributed by atoms with Crippen molar-refractivity contribution in [2.45, 2.75) is 6.18 Å². The Balaban J connectivity index is 2.61. The molecule has 0 N–H and O–H groups in total. The highest BCUT2D eigenvalue weighted by atomic mass is 35.5. The summed E-state index contributed by atoms with van der Waals surface area (Å²) >= 11 is 5.81. The van der Waals surface area contributed by atoms with Gasteiger partial charge in [-0.1, -0.05) is 23.7 Å². The summed E-state index contributed by atoms with van der Waals surface area (Å²) in [6.45, 7) is 0. The van der Waals surface area contributed by atoms with Gasteiger partial charge in [0.1, 0.15) is 0 Å². The van der Waals surface area contributed by atoms with E-state index in [0.717, 1.165) is 12.1 Å². The lowest BCUT2D eigenvalue weighted by atomic mass is 10.00. The number of benzene rings is 2. The summed E-state index contributed by atoms with van der Waals surface area (Å²) in [5.74, 6) is 0. The Morgan fingerprint density at radius 2 is 1.74 bits per heavy atom. The Hall–Kier alpha value is -1.99. The molecule has 2 rings (SSSR count). The summed E-state index contributed by atoms with van der Waals surface area (Å²) in [5, 5.41) is 9.23. The molecule has 0 aliphatic rings. The van der Waals surface area contributed by atoms with E-state index in [0.29, 0.717) is 16.1 Å². The molecular weight excluding hydrogens is 275 g/mol. The second kappa shape index (κ2) is 4.94. The lowest BCUT2D eigenvalue weighted by Gasteiger charge is -2.10. The van der Waals surface area contributed by atoms with Gasteiger partial charge in [-0.2, -0.15) is 18.4 Å². The SMILES string of the molecule is N#Cc1cc(-c2cccc(Cl)c2)cc(C(F)(F)F)c1. The predicted molar refractivity (Wildman–Crippen MR) is 66.6 cm³/mol. The summed E-state index contributed by atoms with van der Waals surface area (Å²) in [6.07, 6.45) is -4.49. The van der Waals surface area contributed by atoms with Gasteiger partial charge >= 0.3 is 6.18 Å². The average Bonchev–Trinajstić information content (AvgIpc) is 2.37. The van der Waals surface area contributed by atoms with Crippen LogP contribution in [0.2, 0.25) is 5.02 Å². The van der Waals surface area contributed by atoms with E-state index < -0.39 is 11.7 Å². The number of hydrogen-bond acceptors (Lipinski definition) is 1. The second-order valence-electron chi connectivity index (χ2n) is 3.92. The van der Waals surface area contributed by atoms with Crippen LogP contribution in [0.5, 0.6) is 0 Å². The van der Waals surface area contributed by atoms with E-state index in [1.54, 1.807) is 30.3 Å². The molecule has 0 radical (unpaired) electrons. The van der Waals surface area contributed by atoms with E-state index in [1.807, 2.05) is 0 Å². The Morgan fingerprint density at radius 1 is 1.00 bits per heavy atom. The Labute approximate surface area is 112 Å². The molecule has 0 fully saturated rings. The van der Waals surface area contributed by atoms with E-state index in [4.69, 9.17) is 16.9 Å². The Bertz CT molecular complexity index is 656. The highest BCUT2D eigenvalue weighted by Crippen LogP contribution is 2.33. The zero-order valence-corrected chi connectivity index (χ0v) is 10.3. The monoisotopic (exact) mass is 281 g/mol. The minimum Gasteiger partial charge on any atom is -0.192 e. The van der Waals surface area contributed by atoms with Crippen molar-refractivity contribution in [1.82, 2.24) is 0 Å². The first-order valence-electron chi connectivity index (χ1n) is 5.28. The first kappa shape index (κ1) is 13.4. The van der Waals surface area contributed by atoms with Crippen molar-refractivity contribution in [2.75, 3.05) is 0 Å². The third kappa shape index (κ3) is 3.07. The molecule has 2 aromatic rings. The molecule has 0 atom stereocenters. The molecule has 0 saturated carbocycles. The molecule has 0 aromatic heterocycles. The van der Waals surface area contributed by atoms with Gasteiger partial charge in [-0.15, -0.1) is 0 Å². The van der Waals surface area contributed by atoms with Crippen LogP contribution >= 0.6 is 11.6 Å². The quantitative estimate of drug-likeness (QED) is 0.729. The molecule has 0 aliphatic heterocycles. The normalized spacial score (nSPS) is 11.1. The Kier molecular flexibility index (Phi) is 3.50. The number of halogens is 4. The molecule has 0 spiro atoms. The zero-order valence-electron chi connectivity index (χ0n) is 9.50. The summed E-state index contributed by atoms with van der Waals surface area (Å²) in [4.78, 5) is 0. The van der Waals surface area contributed by atoms with Crippen LogP contribution in [0.15, 0.2) is 42.5 Å². The van der Waals surface area contributed by atoms with Crippen LogP contribution in [0.25, 0.3) is 11.1 Å². The van der Waals surface area contributed by atoms with E-state index in [2.05, 4.69) is 0 Å². The van der Waals surface area contributed by atoms with Crippen LogP contribution < -0.4 is 0 Å². The number of hydrogen-bond donors (Lipinski definition) is 0. The summed E-state index contributed by atoms with van der Waals surface area (Å²) in [7, 11) is 0. The molecule has 0 bridgehead atoms. The number of nitrogens with zero attached hydrogens (tertiary/aromatic N) is 1. The highest BCUT2D eigenvalue weighted by molar-refractivity contribution is 6.30. The van der Waals surface area contributed by atoms with Gasteiger partial charge < -0.3 is 0 Å². The second-order valence-corrected chi connectivity index (χ2v) is 4.36. The number of rotatable bonds is 1. The van der Waals surface area contributed by atoms with Gasteiger partial charge in [-0.3, -0.25) is 0 Å². The Morgan fingerprint density at radius 3 is 2.32 bits per heavy atom. The number of nitriles is 1. The third-order valence-electron chi connectivity index (χ3n) is 2.55. The third-order valence-corrected chi connectivity index (χ3v) is 2.78. The van der Waals surface area contributed by atoms with Crippen LogP contribution in [-0.2, 0) is 6.18 Å². The molecule has 2 aromatic carbocycles. The molecule has 0 unspecified atom stereocenters. The van der Waals surface area contributed by atoms with E-state index in [1.165, 1.54) is 6.07 Å². The van der Waals surface area contributed by atoms with Crippen LogP contribution in [0, 0.1) is 11.3 Å². The predicted octanol–water partition coefficient (Wildman–Crippen LogP) is 4.90. The van der Waals surface area contributed by atoms with Crippen molar-refractivity contribution in [3.05, 3.63) is 58.6 Å². The molecular formula is C14H7ClF3N. The van der Waals surface area contributed by atoms with E-state index in [-0.39, 0.29) is 5.56 Å². The summed E-state index contributed by atoms with van der Waals surface area (Å²) in [5.41, 5.74) is -0.0321. The average molecular weight is 282 g/mol. The minimum atomic E-state index is -4.49. The van der Waals surface area contributed by atoms with Gasteiger partial charge in [0.2, 0.25) is 0 Å². The van der Waals surface area contributed by atoms with Crippen molar-refractivity contribution < 1.29 is 13.2 Å². The van der Waals surface area contributed by atoms with E-state index >= 15 is 0 Å². The van der Waals surface area contributed by atoms with Crippen LogP contribution in [-0.4, -0.2) is 0 Å². The lowest BCUT2D eigenvalue weighted by Crippen LogP contribution is -2.05. The minimum absolute atomic E-state index is 0.0372. The fourth-order valence-corrected chi connectivity index (χ4v) is 1.88. The van der Waals surface area contributed by atoms with Crippen molar-refractivity contribution in [3.8, 4) is 17.2 Å². The molecule has 0 heterocycles. The van der Waals surface area contributed by atoms with Crippen molar-refractivity contribution >= 4 is 11.6 Å². The standard InChI is InChI=1S/C14H7ClF3N/c15-13-3-1-2-10(7-13)11-4-9(8-19)5-12(6-11)14(16,17)18/h1-7H. The molecule has 0 amide bonds. The first-order valence-corrected chi connectivity index (χ1v) is 5.66. The van der Waals surface area contributed by atoms with Gasteiger partial charge in [0.05, 0.1) is 17.2 Å². The molecule has 0 aliphatic carbocycles. The topological polar surface area (TPSA) is 23.8 Å². The van der Waals surface area contributed by atoms with Gasteiger partial charge in [0, 0.05) is 5.02 Å². The highest BCUT2D eigenvalue weighted by Gasteiger charge is 2.31. The fraction of sp³-hybridized carbons (Fsp3) is 0.0714. The van der Waals surface area contributed by atoms with Gasteiger partial charge in [-0.25, -0.2) is 0 Å². The van der Waals surface area contributed by atoms with Crippen molar-refractivity contribution in [2.24, 2.45) is 0 Å². The fourth-order valence-electron chi connectivity index (χ4n) is 1.69. The van der Waals surface area contributed by atoms with Crippen molar-refractivity contribution in [1.29, 1.82) is 5.26 Å². The van der Waals surface area contributed by atoms with Gasteiger partial charge in [0.25, 0.3) is 0 Å². The molecule has 0 saturated heterocycles. The maximum absolute atomic E-state index is 12.7. The summed E-state index contributed by atoms with van der Waals surface area (Å²) < 4.78 is 38.2. The van der Waals surface area contributed by atoms with Crippen LogP contribution in [0.1, 0.15) is 11.1 Å². The lowest BCUT2D eigenvalue weighted by molar-refractivity contribution is -0.137. The van der Waals surface area contributed by atoms with E-state index in [9.17, 15) is 13.2 Å². The maximum atomic E-state index is 12.7. The zero-order chi connectivity index (χ0) is 14.0. The van der Waals surface area contributed by atoms with Crippen LogP contribution in [0.3, 0.4) is 0 Å². The summed E-state index contributed by atoms with van der Waals surface area (Å²) in [6, 6.07) is 11.4. The molecule has 96 valence electrons. The van der Waals surface area contributed by atoms with Gasteiger partial charge in [0.15, 0.2) is 0 Å². The van der Waals surface area contributed by atoms with Crippen molar-refractivity contribution in [3.63, 3.8) is 0 Å². The van der Waals surface area contributed by atoms with Crippen LogP contribution in [0.4, 0.5) is 13.2 Å². The largest absolute Gasteiger partial charge is 0.416 e. The molecule has 19 heavy (non-hydrogen) atoms. The molecule has 5 heteroatoms. The van der Waals surface area contributed by atoms with Gasteiger partial charge in [-0.05, 0) is 41.5 Å². The number of alkyl halides is 3. The first-order chi connectivity index (χ1) is 8.90. The maximum Gasteiger partial charge on any atom is 0.416 e. The smallest absolute Gasteiger partial charge is 0.192 e. The molecule has 1 nitrogen and oxygen atoms in total.